The number of sulfonamides is 1. The molecule has 0 saturated carbocycles. The first-order valence-corrected chi connectivity index (χ1v) is 7.66. The lowest BCUT2D eigenvalue weighted by Gasteiger charge is -2.15. The third kappa shape index (κ3) is 4.35. The van der Waals surface area contributed by atoms with Crippen LogP contribution in [0.4, 0.5) is 0 Å². The predicted molar refractivity (Wildman–Crippen MR) is 74.6 cm³/mol. The minimum Gasteiger partial charge on any atom is -0.392 e. The van der Waals surface area contributed by atoms with Gasteiger partial charge in [0.2, 0.25) is 10.0 Å². The molecule has 1 aromatic rings. The van der Waals surface area contributed by atoms with E-state index in [4.69, 9.17) is 18.0 Å². The van der Waals surface area contributed by atoms with Crippen LogP contribution in [-0.2, 0) is 16.6 Å². The van der Waals surface area contributed by atoms with E-state index in [1.807, 2.05) is 10.8 Å². The predicted octanol–water partition coefficient (Wildman–Crippen LogP) is 0.257. The lowest BCUT2D eigenvalue weighted by Crippen LogP contribution is -2.42. The number of nitrogens with zero attached hydrogens (tertiary/aromatic N) is 2. The summed E-state index contributed by atoms with van der Waals surface area (Å²) < 4.78 is 28.1. The van der Waals surface area contributed by atoms with Gasteiger partial charge in [0.05, 0.1) is 11.3 Å². The van der Waals surface area contributed by atoms with Crippen LogP contribution in [0.3, 0.4) is 0 Å². The molecule has 1 rings (SSSR count). The van der Waals surface area contributed by atoms with Gasteiger partial charge in [-0.1, -0.05) is 19.1 Å². The van der Waals surface area contributed by atoms with Crippen LogP contribution in [0.15, 0.2) is 18.7 Å². The fourth-order valence-corrected chi connectivity index (χ4v) is 3.49. The summed E-state index contributed by atoms with van der Waals surface area (Å²) in [5.74, 6) is 0. The summed E-state index contributed by atoms with van der Waals surface area (Å²) >= 11 is 4.75. The Bertz CT molecular complexity index is 470. The topological polar surface area (TPSA) is 90.0 Å². The average molecular weight is 290 g/mol. The molecule has 0 aliphatic rings. The molecule has 1 heterocycles. The van der Waals surface area contributed by atoms with Gasteiger partial charge in [0.1, 0.15) is 5.25 Å². The maximum absolute atomic E-state index is 11.9. The van der Waals surface area contributed by atoms with E-state index in [9.17, 15) is 8.42 Å². The molecule has 102 valence electrons. The number of rotatable bonds is 8. The molecule has 0 radical (unpaired) electrons. The molecule has 3 N–H and O–H groups in total. The van der Waals surface area contributed by atoms with Crippen molar-refractivity contribution in [2.75, 3.05) is 6.54 Å². The lowest BCUT2D eigenvalue weighted by molar-refractivity contribution is 0.563. The Balaban J connectivity index is 2.39. The number of hydrogen-bond acceptors (Lipinski definition) is 4. The molecule has 1 unspecified atom stereocenters. The standard InChI is InChI=1S/C10H18N4O2S2/c1-2-9(10(11)17)18(15,16)13-4-3-6-14-7-5-12-8-14/h5,7-9,13H,2-4,6H2,1H3,(H2,11,17). The maximum Gasteiger partial charge on any atom is 0.221 e. The Hall–Kier alpha value is -0.990. The van der Waals surface area contributed by atoms with Crippen molar-refractivity contribution in [3.05, 3.63) is 18.7 Å². The molecule has 0 aliphatic heterocycles. The van der Waals surface area contributed by atoms with E-state index >= 15 is 0 Å². The molecular formula is C10H18N4O2S2. The zero-order valence-electron chi connectivity index (χ0n) is 10.2. The van der Waals surface area contributed by atoms with Crippen LogP contribution in [0.25, 0.3) is 0 Å². The second-order valence-corrected chi connectivity index (χ2v) is 6.31. The van der Waals surface area contributed by atoms with Crippen molar-refractivity contribution < 1.29 is 8.42 Å². The Kier molecular flexibility index (Phi) is 5.70. The second-order valence-electron chi connectivity index (χ2n) is 3.89. The highest BCUT2D eigenvalue weighted by atomic mass is 32.2. The fraction of sp³-hybridized carbons (Fsp3) is 0.600. The van der Waals surface area contributed by atoms with Crippen LogP contribution in [0.1, 0.15) is 19.8 Å². The number of nitrogens with one attached hydrogen (secondary N) is 1. The summed E-state index contributed by atoms with van der Waals surface area (Å²) in [4.78, 5) is 3.92. The van der Waals surface area contributed by atoms with Crippen molar-refractivity contribution in [2.24, 2.45) is 5.73 Å². The lowest BCUT2D eigenvalue weighted by atomic mass is 10.3. The molecule has 18 heavy (non-hydrogen) atoms. The van der Waals surface area contributed by atoms with Gasteiger partial charge in [0, 0.05) is 25.5 Å². The van der Waals surface area contributed by atoms with Crippen LogP contribution in [0.5, 0.6) is 0 Å². The van der Waals surface area contributed by atoms with Crippen molar-refractivity contribution in [1.29, 1.82) is 0 Å². The van der Waals surface area contributed by atoms with Crippen LogP contribution in [0.2, 0.25) is 0 Å². The maximum atomic E-state index is 11.9. The fourth-order valence-electron chi connectivity index (χ4n) is 1.57. The second kappa shape index (κ2) is 6.81. The van der Waals surface area contributed by atoms with Crippen molar-refractivity contribution >= 4 is 27.2 Å². The molecule has 0 aromatic carbocycles. The number of hydrogen-bond donors (Lipinski definition) is 2. The van der Waals surface area contributed by atoms with E-state index in [0.29, 0.717) is 25.9 Å². The normalized spacial score (nSPS) is 13.4. The summed E-state index contributed by atoms with van der Waals surface area (Å²) in [6, 6.07) is 0. The van der Waals surface area contributed by atoms with Crippen molar-refractivity contribution in [3.63, 3.8) is 0 Å². The highest BCUT2D eigenvalue weighted by molar-refractivity contribution is 7.93. The average Bonchev–Trinajstić information content (AvgIpc) is 2.77. The molecule has 6 nitrogen and oxygen atoms in total. The van der Waals surface area contributed by atoms with Gasteiger partial charge in [-0.15, -0.1) is 0 Å². The van der Waals surface area contributed by atoms with Gasteiger partial charge in [-0.05, 0) is 12.8 Å². The quantitative estimate of drug-likeness (QED) is 0.529. The Morgan fingerprint density at radius 3 is 2.83 bits per heavy atom. The third-order valence-electron chi connectivity index (χ3n) is 2.52. The summed E-state index contributed by atoms with van der Waals surface area (Å²) in [7, 11) is -3.45. The first kappa shape index (κ1) is 15.1. The van der Waals surface area contributed by atoms with Crippen LogP contribution in [0, 0.1) is 0 Å². The van der Waals surface area contributed by atoms with Gasteiger partial charge < -0.3 is 10.3 Å². The highest BCUT2D eigenvalue weighted by Gasteiger charge is 2.25. The minimum absolute atomic E-state index is 0.0135. The number of nitrogens with two attached hydrogens (primary N) is 1. The van der Waals surface area contributed by atoms with Gasteiger partial charge >= 0.3 is 0 Å². The molecule has 0 amide bonds. The molecule has 0 fully saturated rings. The number of thiocarbonyl (C=S) groups is 1. The number of imidazole rings is 1. The molecule has 0 spiro atoms. The van der Waals surface area contributed by atoms with E-state index in [1.54, 1.807) is 19.4 Å². The summed E-state index contributed by atoms with van der Waals surface area (Å²) in [6.07, 6.45) is 6.27. The zero-order chi connectivity index (χ0) is 13.6. The molecule has 0 saturated heterocycles. The van der Waals surface area contributed by atoms with Crippen molar-refractivity contribution in [3.8, 4) is 0 Å². The SMILES string of the molecule is CCC(C(N)=S)S(=O)(=O)NCCCn1ccnc1. The molecule has 8 heteroatoms. The number of aromatic nitrogens is 2. The van der Waals surface area contributed by atoms with Gasteiger partial charge in [-0.2, -0.15) is 0 Å². The van der Waals surface area contributed by atoms with E-state index in [2.05, 4.69) is 9.71 Å². The largest absolute Gasteiger partial charge is 0.392 e. The van der Waals surface area contributed by atoms with Gasteiger partial charge in [0.25, 0.3) is 0 Å². The van der Waals surface area contributed by atoms with Crippen LogP contribution >= 0.6 is 12.2 Å². The van der Waals surface area contributed by atoms with E-state index in [1.165, 1.54) is 0 Å². The van der Waals surface area contributed by atoms with E-state index < -0.39 is 15.3 Å². The van der Waals surface area contributed by atoms with Gasteiger partial charge in [-0.25, -0.2) is 18.1 Å². The van der Waals surface area contributed by atoms with Gasteiger partial charge in [-0.3, -0.25) is 0 Å². The summed E-state index contributed by atoms with van der Waals surface area (Å²) in [5.41, 5.74) is 5.41. The van der Waals surface area contributed by atoms with E-state index in [0.717, 1.165) is 0 Å². The van der Waals surface area contributed by atoms with Crippen molar-refractivity contribution in [2.45, 2.75) is 31.6 Å². The first-order chi connectivity index (χ1) is 8.47. The van der Waals surface area contributed by atoms with Crippen molar-refractivity contribution in [1.82, 2.24) is 14.3 Å². The Morgan fingerprint density at radius 2 is 2.33 bits per heavy atom. The van der Waals surface area contributed by atoms with Crippen LogP contribution < -0.4 is 10.5 Å². The smallest absolute Gasteiger partial charge is 0.221 e. The Labute approximate surface area is 113 Å². The third-order valence-corrected chi connectivity index (χ3v) is 4.89. The minimum atomic E-state index is -3.45. The van der Waals surface area contributed by atoms with E-state index in [-0.39, 0.29) is 4.99 Å². The van der Waals surface area contributed by atoms with Gasteiger partial charge in [0.15, 0.2) is 0 Å². The molecule has 0 bridgehead atoms. The number of aryl methyl sites for hydroxylation is 1. The first-order valence-electron chi connectivity index (χ1n) is 5.71. The zero-order valence-corrected chi connectivity index (χ0v) is 11.9. The summed E-state index contributed by atoms with van der Waals surface area (Å²) in [6.45, 7) is 2.82. The van der Waals surface area contributed by atoms with Crippen LogP contribution in [-0.4, -0.2) is 34.8 Å². The molecular weight excluding hydrogens is 272 g/mol. The molecule has 1 atom stereocenters. The summed E-state index contributed by atoms with van der Waals surface area (Å²) in [5, 5.41) is -0.791. The molecule has 0 aliphatic carbocycles. The molecule has 1 aromatic heterocycles. The monoisotopic (exact) mass is 290 g/mol. The highest BCUT2D eigenvalue weighted by Crippen LogP contribution is 2.04. The Morgan fingerprint density at radius 1 is 1.61 bits per heavy atom.